The molecule has 3 heteroatoms. The molecule has 0 saturated carbocycles. The van der Waals surface area contributed by atoms with Crippen molar-refractivity contribution >= 4 is 65.4 Å². The highest BCUT2D eigenvalue weighted by atomic mass is 15.0. The van der Waals surface area contributed by atoms with Crippen molar-refractivity contribution in [2.24, 2.45) is 7.05 Å². The van der Waals surface area contributed by atoms with Crippen molar-refractivity contribution in [1.29, 1.82) is 0 Å². The van der Waals surface area contributed by atoms with Crippen LogP contribution in [0.25, 0.3) is 76.8 Å². The van der Waals surface area contributed by atoms with Crippen LogP contribution in [0.2, 0.25) is 0 Å². The Balaban J connectivity index is 0.00000153. The smallest absolute Gasteiger partial charge is 0.0583 e. The van der Waals surface area contributed by atoms with Crippen LogP contribution in [0.3, 0.4) is 0 Å². The third-order valence-corrected chi connectivity index (χ3v) is 9.07. The van der Waals surface area contributed by atoms with Crippen molar-refractivity contribution in [1.82, 2.24) is 13.7 Å². The maximum atomic E-state index is 2.41. The van der Waals surface area contributed by atoms with Gasteiger partial charge in [0.2, 0.25) is 0 Å². The molecular weight excluding hydrogens is 558 g/mol. The van der Waals surface area contributed by atoms with Gasteiger partial charge in [0.05, 0.1) is 33.1 Å². The van der Waals surface area contributed by atoms with Crippen molar-refractivity contribution in [3.63, 3.8) is 0 Å². The summed E-state index contributed by atoms with van der Waals surface area (Å²) in [5.74, 6) is 0. The van der Waals surface area contributed by atoms with Crippen molar-refractivity contribution in [2.45, 2.75) is 13.8 Å². The molecule has 9 aromatic rings. The molecule has 0 saturated heterocycles. The van der Waals surface area contributed by atoms with E-state index in [-0.39, 0.29) is 0 Å². The third-order valence-electron chi connectivity index (χ3n) is 9.07. The second kappa shape index (κ2) is 11.3. The summed E-state index contributed by atoms with van der Waals surface area (Å²) in [7, 11) is 2.22. The minimum atomic E-state index is 1.15. The molecule has 0 aliphatic carbocycles. The Morgan fingerprint density at radius 1 is 0.326 bits per heavy atom. The number of hydrogen-bond acceptors (Lipinski definition) is 0. The lowest BCUT2D eigenvalue weighted by atomic mass is 10.1. The molecule has 0 aliphatic heterocycles. The van der Waals surface area contributed by atoms with Gasteiger partial charge in [0.15, 0.2) is 0 Å². The first-order chi connectivity index (χ1) is 22.8. The summed E-state index contributed by atoms with van der Waals surface area (Å²) in [6.07, 6.45) is 0. The average Bonchev–Trinajstić information content (AvgIpc) is 3.23. The lowest BCUT2D eigenvalue weighted by molar-refractivity contribution is 1.02. The van der Waals surface area contributed by atoms with Gasteiger partial charge in [-0.05, 0) is 59.3 Å². The van der Waals surface area contributed by atoms with Crippen LogP contribution >= 0.6 is 0 Å². The first-order valence-electron chi connectivity index (χ1n) is 16.1. The molecule has 0 unspecified atom stereocenters. The zero-order chi connectivity index (χ0) is 31.2. The largest absolute Gasteiger partial charge is 0.343 e. The van der Waals surface area contributed by atoms with Crippen LogP contribution in [0.1, 0.15) is 13.8 Å². The fourth-order valence-corrected chi connectivity index (χ4v) is 7.16. The van der Waals surface area contributed by atoms with E-state index in [2.05, 4.69) is 178 Å². The SMILES string of the molecule is CC.Cn1c2c(ccc3c2ccc2ccccc2n3-c2ccccc2)c2ccc3c(ccc4ccccc4n3-c3ccccc3)c21. The number of aryl methyl sites for hydroxylation is 1. The highest BCUT2D eigenvalue weighted by molar-refractivity contribution is 6.23. The molecule has 3 heterocycles. The molecule has 0 bridgehead atoms. The number of hydrogen-bond donors (Lipinski definition) is 0. The van der Waals surface area contributed by atoms with Crippen molar-refractivity contribution in [3.05, 3.63) is 158 Å². The van der Waals surface area contributed by atoms with Crippen molar-refractivity contribution in [2.75, 3.05) is 0 Å². The molecule has 222 valence electrons. The second-order valence-corrected chi connectivity index (χ2v) is 11.5. The average molecular weight is 594 g/mol. The van der Waals surface area contributed by atoms with Gasteiger partial charge in [-0.2, -0.15) is 0 Å². The predicted molar refractivity (Wildman–Crippen MR) is 198 cm³/mol. The minimum Gasteiger partial charge on any atom is -0.343 e. The van der Waals surface area contributed by atoms with E-state index in [1.165, 1.54) is 65.4 Å². The quantitative estimate of drug-likeness (QED) is 0.189. The monoisotopic (exact) mass is 593 g/mol. The fraction of sp³-hybridized carbons (Fsp3) is 0.0698. The number of para-hydroxylation sites is 4. The van der Waals surface area contributed by atoms with Crippen LogP contribution in [0.15, 0.2) is 158 Å². The highest BCUT2D eigenvalue weighted by Gasteiger charge is 2.17. The van der Waals surface area contributed by atoms with E-state index in [1.807, 2.05) is 13.8 Å². The van der Waals surface area contributed by atoms with Crippen LogP contribution in [0.5, 0.6) is 0 Å². The van der Waals surface area contributed by atoms with Crippen LogP contribution < -0.4 is 0 Å². The zero-order valence-electron chi connectivity index (χ0n) is 26.4. The van der Waals surface area contributed by atoms with Crippen LogP contribution in [-0.4, -0.2) is 13.7 Å². The Morgan fingerprint density at radius 2 is 0.696 bits per heavy atom. The molecule has 46 heavy (non-hydrogen) atoms. The Kier molecular flexibility index (Phi) is 6.80. The van der Waals surface area contributed by atoms with Gasteiger partial charge >= 0.3 is 0 Å². The van der Waals surface area contributed by atoms with Crippen molar-refractivity contribution < 1.29 is 0 Å². The Hall–Kier alpha value is -5.80. The molecule has 0 atom stereocenters. The topological polar surface area (TPSA) is 14.8 Å². The van der Waals surface area contributed by atoms with Gasteiger partial charge in [0.25, 0.3) is 0 Å². The molecule has 3 nitrogen and oxygen atoms in total. The number of rotatable bonds is 2. The minimum absolute atomic E-state index is 1.15. The van der Waals surface area contributed by atoms with E-state index in [1.54, 1.807) is 0 Å². The summed E-state index contributed by atoms with van der Waals surface area (Å²) in [4.78, 5) is 0. The molecule has 0 aliphatic rings. The van der Waals surface area contributed by atoms with E-state index in [4.69, 9.17) is 0 Å². The van der Waals surface area contributed by atoms with Crippen LogP contribution in [0.4, 0.5) is 0 Å². The summed E-state index contributed by atoms with van der Waals surface area (Å²) in [5.41, 5.74) is 9.48. The number of aromatic nitrogens is 3. The van der Waals surface area contributed by atoms with Gasteiger partial charge in [-0.15, -0.1) is 0 Å². The van der Waals surface area contributed by atoms with E-state index < -0.39 is 0 Å². The Morgan fingerprint density at radius 3 is 1.13 bits per heavy atom. The normalized spacial score (nSPS) is 11.4. The van der Waals surface area contributed by atoms with Gasteiger partial charge in [-0.3, -0.25) is 0 Å². The van der Waals surface area contributed by atoms with Gasteiger partial charge in [-0.25, -0.2) is 0 Å². The Labute approximate surface area is 268 Å². The molecule has 0 fully saturated rings. The molecule has 0 radical (unpaired) electrons. The van der Waals surface area contributed by atoms with Gasteiger partial charge in [0.1, 0.15) is 0 Å². The van der Waals surface area contributed by atoms with Gasteiger partial charge < -0.3 is 13.7 Å². The van der Waals surface area contributed by atoms with Crippen molar-refractivity contribution in [3.8, 4) is 11.4 Å². The number of nitrogens with zero attached hydrogens (tertiary/aromatic N) is 3. The van der Waals surface area contributed by atoms with E-state index in [9.17, 15) is 0 Å². The lowest BCUT2D eigenvalue weighted by Gasteiger charge is -2.13. The fourth-order valence-electron chi connectivity index (χ4n) is 7.16. The first-order valence-corrected chi connectivity index (χ1v) is 16.1. The number of benzene rings is 6. The summed E-state index contributed by atoms with van der Waals surface area (Å²) >= 11 is 0. The Bertz CT molecular complexity index is 2420. The lowest BCUT2D eigenvalue weighted by Crippen LogP contribution is -1.98. The first kappa shape index (κ1) is 27.7. The summed E-state index contributed by atoms with van der Waals surface area (Å²) in [6, 6.07) is 57.1. The van der Waals surface area contributed by atoms with E-state index in [0.717, 1.165) is 11.4 Å². The maximum absolute atomic E-state index is 2.41. The summed E-state index contributed by atoms with van der Waals surface area (Å²) in [6.45, 7) is 4.00. The van der Waals surface area contributed by atoms with Gasteiger partial charge in [0, 0.05) is 40.0 Å². The second-order valence-electron chi connectivity index (χ2n) is 11.5. The van der Waals surface area contributed by atoms with Gasteiger partial charge in [-0.1, -0.05) is 123 Å². The number of fused-ring (bicyclic) bond motifs is 9. The molecule has 0 amide bonds. The predicted octanol–water partition coefficient (Wildman–Crippen LogP) is 11.7. The standard InChI is InChI=1S/C41H29N3.C2H6/c1-42-40-32(24-26-38-34(40)22-20-28-12-8-10-18-36(28)43(38)30-14-4-2-5-15-30)33-25-27-39-35(41(33)42)23-21-29-13-9-11-19-37(29)44(39)31-16-6-3-7-17-31;1-2/h2-27H,1H3;1-2H3. The molecule has 0 N–H and O–H groups in total. The molecular formula is C43H35N3. The molecule has 3 aromatic heterocycles. The highest BCUT2D eigenvalue weighted by Crippen LogP contribution is 2.39. The third kappa shape index (κ3) is 4.20. The summed E-state index contributed by atoms with van der Waals surface area (Å²) in [5, 5.41) is 7.36. The summed E-state index contributed by atoms with van der Waals surface area (Å²) < 4.78 is 7.21. The van der Waals surface area contributed by atoms with E-state index >= 15 is 0 Å². The molecule has 6 aromatic carbocycles. The van der Waals surface area contributed by atoms with E-state index in [0.29, 0.717) is 0 Å². The molecule has 0 spiro atoms. The maximum Gasteiger partial charge on any atom is 0.0583 e. The van der Waals surface area contributed by atoms with Crippen LogP contribution in [-0.2, 0) is 7.05 Å². The molecule has 9 rings (SSSR count). The zero-order valence-corrected chi connectivity index (χ0v) is 26.4. The van der Waals surface area contributed by atoms with Crippen LogP contribution in [0, 0.1) is 0 Å².